The van der Waals surface area contributed by atoms with Crippen molar-refractivity contribution in [3.8, 4) is 6.07 Å². The van der Waals surface area contributed by atoms with Crippen molar-refractivity contribution in [2.24, 2.45) is 0 Å². The van der Waals surface area contributed by atoms with Gasteiger partial charge in [-0.05, 0) is 83.1 Å². The number of nitriles is 1. The van der Waals surface area contributed by atoms with E-state index in [0.29, 0.717) is 0 Å². The van der Waals surface area contributed by atoms with Crippen molar-refractivity contribution in [3.05, 3.63) is 0 Å². The maximum atomic E-state index is 10.9. The highest BCUT2D eigenvalue weighted by Gasteiger charge is 2.41. The predicted octanol–water partition coefficient (Wildman–Crippen LogP) is 5.08. The second-order valence-corrected chi connectivity index (χ2v) is 16.5. The molecule has 10 nitrogen and oxygen atoms in total. The van der Waals surface area contributed by atoms with Gasteiger partial charge in [-0.3, -0.25) is 9.59 Å². The largest absolute Gasteiger partial charge is 0.462 e. The summed E-state index contributed by atoms with van der Waals surface area (Å²) in [5, 5.41) is 19.0. The van der Waals surface area contributed by atoms with Crippen LogP contribution in [-0.2, 0) is 28.6 Å². The second-order valence-electron chi connectivity index (χ2n) is 16.5. The van der Waals surface area contributed by atoms with Gasteiger partial charge in [0.15, 0.2) is 6.07 Å². The molecule has 0 atom stereocenters. The van der Waals surface area contributed by atoms with Gasteiger partial charge >= 0.3 is 17.9 Å². The van der Waals surface area contributed by atoms with Gasteiger partial charge in [-0.1, -0.05) is 0 Å². The average molecular weight is 609 g/mol. The van der Waals surface area contributed by atoms with E-state index >= 15 is 0 Å². The predicted molar refractivity (Wildman–Crippen MR) is 168 cm³/mol. The van der Waals surface area contributed by atoms with Gasteiger partial charge in [-0.25, -0.2) is 4.79 Å². The third-order valence-electron chi connectivity index (χ3n) is 7.49. The van der Waals surface area contributed by atoms with Gasteiger partial charge in [0, 0.05) is 85.6 Å². The molecular weight excluding hydrogens is 548 g/mol. The fraction of sp³-hybridized carbons (Fsp3) is 0.879. The molecule has 0 saturated carbocycles. The molecule has 43 heavy (non-hydrogen) atoms. The van der Waals surface area contributed by atoms with Crippen molar-refractivity contribution < 1.29 is 28.6 Å². The molecule has 0 bridgehead atoms. The second kappa shape index (κ2) is 14.3. The molecule has 0 unspecified atom stereocenters. The maximum absolute atomic E-state index is 10.9. The van der Waals surface area contributed by atoms with Crippen LogP contribution in [0.2, 0.25) is 0 Å². The van der Waals surface area contributed by atoms with Crippen LogP contribution in [0, 0.1) is 11.3 Å². The smallest absolute Gasteiger partial charge is 0.411 e. The minimum absolute atomic E-state index is 0.0435. The minimum Gasteiger partial charge on any atom is -0.462 e. The molecular formula is C33H60N4O6. The summed E-state index contributed by atoms with van der Waals surface area (Å²) in [5.74, 6) is -1.14. The van der Waals surface area contributed by atoms with E-state index in [1.54, 1.807) is 0 Å². The number of hydrogen-bond acceptors (Lipinski definition) is 10. The van der Waals surface area contributed by atoms with E-state index in [4.69, 9.17) is 19.5 Å². The van der Waals surface area contributed by atoms with Gasteiger partial charge in [0.05, 0.1) is 0 Å². The normalized spacial score (nSPS) is 25.2. The highest BCUT2D eigenvalue weighted by atomic mass is 16.5. The first-order valence-electron chi connectivity index (χ1n) is 15.5. The molecule has 3 aliphatic heterocycles. The topological polar surface area (TPSA) is 139 Å². The maximum Gasteiger partial charge on any atom is 0.411 e. The van der Waals surface area contributed by atoms with Crippen molar-refractivity contribution in [3.63, 3.8) is 0 Å². The number of esters is 3. The zero-order valence-corrected chi connectivity index (χ0v) is 29.4. The van der Waals surface area contributed by atoms with Crippen molar-refractivity contribution in [2.75, 3.05) is 0 Å². The lowest BCUT2D eigenvalue weighted by Gasteiger charge is -2.45. The number of piperidine rings is 3. The molecule has 10 heteroatoms. The monoisotopic (exact) mass is 608 g/mol. The first kappa shape index (κ1) is 38.8. The Kier molecular flexibility index (Phi) is 12.9. The average Bonchev–Trinajstić information content (AvgIpc) is 2.66. The standard InChI is InChI=1S/C11H18N2O2.2C11H21NO2/c1-10(2)5-8(15-9(14)7-12)6-11(3,4)13-10;2*1-8(13)14-9-6-10(2,3)12-11(4,5)7-9/h8,13H,5-6H2,1-4H3;2*9,12H,6-7H2,1-5H3. The molecule has 0 aromatic rings. The molecule has 3 aliphatic rings. The minimum atomic E-state index is -0.784. The Morgan fingerprint density at radius 1 is 0.512 bits per heavy atom. The molecule has 3 heterocycles. The van der Waals surface area contributed by atoms with Gasteiger partial charge in [0.1, 0.15) is 18.3 Å². The first-order valence-corrected chi connectivity index (χ1v) is 15.5. The SMILES string of the molecule is CC(=O)OC1CC(C)(C)NC(C)(C)C1.CC(=O)OC1CC(C)(C)NC(C)(C)C1.CC1(C)CC(OC(=O)C#N)CC(C)(C)N1. The van der Waals surface area contributed by atoms with Crippen LogP contribution in [0.3, 0.4) is 0 Å². The number of ether oxygens (including phenoxy) is 3. The fourth-order valence-corrected chi connectivity index (χ4v) is 7.58. The van der Waals surface area contributed by atoms with Crippen molar-refractivity contribution in [1.29, 1.82) is 5.26 Å². The van der Waals surface area contributed by atoms with Gasteiger partial charge in [-0.2, -0.15) is 5.26 Å². The Hall–Kier alpha value is -2.22. The van der Waals surface area contributed by atoms with Crippen LogP contribution < -0.4 is 16.0 Å². The van der Waals surface area contributed by atoms with Crippen molar-refractivity contribution in [2.45, 2.75) is 187 Å². The molecule has 3 fully saturated rings. The quantitative estimate of drug-likeness (QED) is 0.226. The Balaban J connectivity index is 0.000000323. The highest BCUT2D eigenvalue weighted by molar-refractivity contribution is 5.85. The lowest BCUT2D eigenvalue weighted by molar-refractivity contribution is -0.151. The first-order chi connectivity index (χ1) is 19.1. The zero-order chi connectivity index (χ0) is 33.7. The van der Waals surface area contributed by atoms with E-state index in [-0.39, 0.29) is 63.5 Å². The van der Waals surface area contributed by atoms with Crippen LogP contribution in [0.5, 0.6) is 0 Å². The fourth-order valence-electron chi connectivity index (χ4n) is 7.58. The number of nitrogens with zero attached hydrogens (tertiary/aromatic N) is 1. The summed E-state index contributed by atoms with van der Waals surface area (Å²) < 4.78 is 15.6. The van der Waals surface area contributed by atoms with E-state index in [0.717, 1.165) is 38.5 Å². The van der Waals surface area contributed by atoms with Crippen molar-refractivity contribution in [1.82, 2.24) is 16.0 Å². The van der Waals surface area contributed by atoms with Crippen LogP contribution >= 0.6 is 0 Å². The van der Waals surface area contributed by atoms with E-state index in [1.165, 1.54) is 19.9 Å². The van der Waals surface area contributed by atoms with Crippen LogP contribution in [0.4, 0.5) is 0 Å². The van der Waals surface area contributed by atoms with E-state index in [2.05, 4.69) is 99.0 Å². The molecule has 248 valence electrons. The van der Waals surface area contributed by atoms with Crippen LogP contribution in [0.1, 0.15) is 135 Å². The summed E-state index contributed by atoms with van der Waals surface area (Å²) in [6.07, 6.45) is 4.96. The Morgan fingerprint density at radius 3 is 0.907 bits per heavy atom. The molecule has 0 aromatic carbocycles. The molecule has 3 rings (SSSR count). The lowest BCUT2D eigenvalue weighted by atomic mass is 9.81. The third-order valence-corrected chi connectivity index (χ3v) is 7.49. The molecule has 0 radical (unpaired) electrons. The van der Waals surface area contributed by atoms with Gasteiger partial charge in [0.2, 0.25) is 0 Å². The summed E-state index contributed by atoms with van der Waals surface area (Å²) in [4.78, 5) is 32.7. The Labute approximate surface area is 260 Å². The number of carbonyl (C=O) groups excluding carboxylic acids is 3. The van der Waals surface area contributed by atoms with Gasteiger partial charge < -0.3 is 30.2 Å². The van der Waals surface area contributed by atoms with Gasteiger partial charge in [-0.15, -0.1) is 0 Å². The number of rotatable bonds is 3. The van der Waals surface area contributed by atoms with Crippen LogP contribution in [0.25, 0.3) is 0 Å². The van der Waals surface area contributed by atoms with Crippen LogP contribution in [0.15, 0.2) is 0 Å². The van der Waals surface area contributed by atoms with E-state index in [9.17, 15) is 14.4 Å². The summed E-state index contributed by atoms with van der Waals surface area (Å²) in [6, 6.07) is 1.49. The molecule has 0 aliphatic carbocycles. The highest BCUT2D eigenvalue weighted by Crippen LogP contribution is 2.32. The number of nitrogens with one attached hydrogen (secondary N) is 3. The number of hydrogen-bond donors (Lipinski definition) is 3. The summed E-state index contributed by atoms with van der Waals surface area (Å²) in [5.41, 5.74) is 0.0395. The van der Waals surface area contributed by atoms with Crippen LogP contribution in [-0.4, -0.2) is 69.5 Å². The molecule has 0 aromatic heterocycles. The summed E-state index contributed by atoms with van der Waals surface area (Å²) in [6.45, 7) is 28.4. The molecule has 0 amide bonds. The lowest BCUT2D eigenvalue weighted by Crippen LogP contribution is -2.59. The zero-order valence-electron chi connectivity index (χ0n) is 29.4. The molecule has 0 spiro atoms. The number of carbonyl (C=O) groups is 3. The van der Waals surface area contributed by atoms with E-state index < -0.39 is 5.97 Å². The van der Waals surface area contributed by atoms with E-state index in [1.807, 2.05) is 0 Å². The molecule has 3 N–H and O–H groups in total. The summed E-state index contributed by atoms with van der Waals surface area (Å²) in [7, 11) is 0. The Morgan fingerprint density at radius 2 is 0.721 bits per heavy atom. The third kappa shape index (κ3) is 15.9. The van der Waals surface area contributed by atoms with Crippen molar-refractivity contribution >= 4 is 17.9 Å². The summed E-state index contributed by atoms with van der Waals surface area (Å²) >= 11 is 0. The Bertz CT molecular complexity index is 927. The van der Waals surface area contributed by atoms with Gasteiger partial charge in [0.25, 0.3) is 0 Å². The molecule has 3 saturated heterocycles.